The summed E-state index contributed by atoms with van der Waals surface area (Å²) in [6.45, 7) is 2.01. The maximum Gasteiger partial charge on any atom is 0.338 e. The molecule has 1 amide bonds. The number of rotatable bonds is 3. The number of aryl methyl sites for hydroxylation is 1. The fraction of sp³-hybridized carbons (Fsp3) is 0.333. The summed E-state index contributed by atoms with van der Waals surface area (Å²) in [6, 6.07) is 1.24. The Morgan fingerprint density at radius 2 is 2.10 bits per heavy atom. The van der Waals surface area contributed by atoms with E-state index in [1.807, 2.05) is 6.92 Å². The average Bonchev–Trinajstić information content (AvgIpc) is 3.06. The Labute approximate surface area is 125 Å². The molecule has 0 aromatic carbocycles. The second-order valence-electron chi connectivity index (χ2n) is 5.12. The van der Waals surface area contributed by atoms with Crippen molar-refractivity contribution in [2.24, 2.45) is 0 Å². The molecule has 2 aromatic heterocycles. The zero-order valence-electron chi connectivity index (χ0n) is 11.6. The molecule has 1 aliphatic carbocycles. The van der Waals surface area contributed by atoms with Crippen LogP contribution in [0.4, 0.5) is 5.00 Å². The number of fused-ring (bicyclic) bond motifs is 1. The third kappa shape index (κ3) is 2.58. The normalized spacial score (nSPS) is 13.8. The number of furan rings is 1. The first-order chi connectivity index (χ1) is 10.1. The summed E-state index contributed by atoms with van der Waals surface area (Å²) in [7, 11) is 0. The number of nitrogens with one attached hydrogen (secondary N) is 1. The standard InChI is InChI=1S/C15H15NO4S/c1-8-10-4-2-3-5-12(10)21-14(8)16-13(17)11-6-9(7-20-11)15(18)19/h6-7H,2-5H2,1H3,(H,16,17)(H,18,19). The van der Waals surface area contributed by atoms with Gasteiger partial charge in [-0.15, -0.1) is 11.3 Å². The van der Waals surface area contributed by atoms with Gasteiger partial charge < -0.3 is 14.8 Å². The van der Waals surface area contributed by atoms with Crippen LogP contribution in [0.25, 0.3) is 0 Å². The van der Waals surface area contributed by atoms with E-state index in [9.17, 15) is 9.59 Å². The molecular weight excluding hydrogens is 290 g/mol. The zero-order chi connectivity index (χ0) is 15.0. The number of thiophene rings is 1. The van der Waals surface area contributed by atoms with E-state index in [1.165, 1.54) is 29.3 Å². The molecule has 0 aliphatic heterocycles. The number of hydrogen-bond donors (Lipinski definition) is 2. The van der Waals surface area contributed by atoms with Crippen molar-refractivity contribution in [3.05, 3.63) is 39.7 Å². The molecule has 0 bridgehead atoms. The predicted molar refractivity (Wildman–Crippen MR) is 79.3 cm³/mol. The van der Waals surface area contributed by atoms with Crippen LogP contribution in [0, 0.1) is 6.92 Å². The van der Waals surface area contributed by atoms with Gasteiger partial charge in [0.05, 0.1) is 10.6 Å². The zero-order valence-corrected chi connectivity index (χ0v) is 12.4. The van der Waals surface area contributed by atoms with Crippen molar-refractivity contribution >= 4 is 28.2 Å². The first kappa shape index (κ1) is 13.9. The molecule has 0 spiro atoms. The molecule has 2 N–H and O–H groups in total. The molecule has 0 atom stereocenters. The van der Waals surface area contributed by atoms with Crippen molar-refractivity contribution in [3.8, 4) is 0 Å². The van der Waals surface area contributed by atoms with E-state index in [0.29, 0.717) is 0 Å². The summed E-state index contributed by atoms with van der Waals surface area (Å²) in [5.41, 5.74) is 2.45. The highest BCUT2D eigenvalue weighted by atomic mass is 32.1. The summed E-state index contributed by atoms with van der Waals surface area (Å²) in [5, 5.41) is 12.5. The van der Waals surface area contributed by atoms with Crippen LogP contribution in [0.15, 0.2) is 16.7 Å². The lowest BCUT2D eigenvalue weighted by Crippen LogP contribution is -2.10. The Morgan fingerprint density at radius 1 is 1.33 bits per heavy atom. The Hall–Kier alpha value is -2.08. The topological polar surface area (TPSA) is 79.5 Å². The molecule has 2 heterocycles. The van der Waals surface area contributed by atoms with Crippen LogP contribution in [0.3, 0.4) is 0 Å². The van der Waals surface area contributed by atoms with Crippen LogP contribution in [-0.4, -0.2) is 17.0 Å². The SMILES string of the molecule is Cc1c(NC(=O)c2cc(C(=O)O)co2)sc2c1CCCC2. The van der Waals surface area contributed by atoms with Crippen molar-refractivity contribution in [1.82, 2.24) is 0 Å². The Bertz CT molecular complexity index is 713. The number of aromatic carboxylic acids is 1. The van der Waals surface area contributed by atoms with E-state index in [4.69, 9.17) is 9.52 Å². The van der Waals surface area contributed by atoms with Gasteiger partial charge in [0.1, 0.15) is 6.26 Å². The minimum atomic E-state index is -1.11. The lowest BCUT2D eigenvalue weighted by Gasteiger charge is -2.10. The minimum Gasteiger partial charge on any atom is -0.478 e. The Balaban J connectivity index is 1.81. The van der Waals surface area contributed by atoms with Gasteiger partial charge in [-0.1, -0.05) is 0 Å². The van der Waals surface area contributed by atoms with Crippen LogP contribution >= 0.6 is 11.3 Å². The maximum atomic E-state index is 12.1. The summed E-state index contributed by atoms with van der Waals surface area (Å²) in [6.07, 6.45) is 5.60. The minimum absolute atomic E-state index is 0.0122. The molecule has 0 saturated carbocycles. The summed E-state index contributed by atoms with van der Waals surface area (Å²) in [4.78, 5) is 24.3. The van der Waals surface area contributed by atoms with Gasteiger partial charge >= 0.3 is 5.97 Å². The highest BCUT2D eigenvalue weighted by molar-refractivity contribution is 7.16. The van der Waals surface area contributed by atoms with Gasteiger partial charge in [-0.25, -0.2) is 4.79 Å². The molecule has 0 radical (unpaired) electrons. The van der Waals surface area contributed by atoms with Crippen LogP contribution in [0.2, 0.25) is 0 Å². The molecule has 0 fully saturated rings. The van der Waals surface area contributed by atoms with E-state index in [1.54, 1.807) is 11.3 Å². The van der Waals surface area contributed by atoms with Gasteiger partial charge in [0.25, 0.3) is 5.91 Å². The summed E-state index contributed by atoms with van der Waals surface area (Å²) in [5.74, 6) is -1.51. The molecule has 0 unspecified atom stereocenters. The number of amides is 1. The lowest BCUT2D eigenvalue weighted by atomic mass is 9.96. The number of hydrogen-bond acceptors (Lipinski definition) is 4. The number of carboxylic acid groups (broad SMARTS) is 1. The average molecular weight is 305 g/mol. The Morgan fingerprint density at radius 3 is 2.76 bits per heavy atom. The largest absolute Gasteiger partial charge is 0.478 e. The highest BCUT2D eigenvalue weighted by Gasteiger charge is 2.21. The lowest BCUT2D eigenvalue weighted by molar-refractivity contribution is 0.0696. The fourth-order valence-electron chi connectivity index (χ4n) is 2.58. The predicted octanol–water partition coefficient (Wildman–Crippen LogP) is 3.48. The van der Waals surface area contributed by atoms with Crippen molar-refractivity contribution in [3.63, 3.8) is 0 Å². The molecule has 110 valence electrons. The molecule has 21 heavy (non-hydrogen) atoms. The summed E-state index contributed by atoms with van der Waals surface area (Å²) < 4.78 is 5.01. The van der Waals surface area contributed by atoms with Crippen LogP contribution in [0.1, 0.15) is 49.8 Å². The maximum absolute atomic E-state index is 12.1. The van der Waals surface area contributed by atoms with E-state index in [2.05, 4.69) is 5.32 Å². The van der Waals surface area contributed by atoms with E-state index in [0.717, 1.165) is 29.7 Å². The third-order valence-electron chi connectivity index (χ3n) is 3.73. The van der Waals surface area contributed by atoms with Gasteiger partial charge in [0.2, 0.25) is 0 Å². The number of carbonyl (C=O) groups excluding carboxylic acids is 1. The highest BCUT2D eigenvalue weighted by Crippen LogP contribution is 2.37. The molecule has 0 saturated heterocycles. The van der Waals surface area contributed by atoms with Crippen molar-refractivity contribution < 1.29 is 19.1 Å². The molecule has 1 aliphatic rings. The van der Waals surface area contributed by atoms with Gasteiger partial charge in [0, 0.05) is 10.9 Å². The first-order valence-corrected chi connectivity index (χ1v) is 7.62. The smallest absolute Gasteiger partial charge is 0.338 e. The van der Waals surface area contributed by atoms with Crippen molar-refractivity contribution in [1.29, 1.82) is 0 Å². The number of carbonyl (C=O) groups is 2. The Kier molecular flexibility index (Phi) is 3.55. The number of carboxylic acids is 1. The van der Waals surface area contributed by atoms with Gasteiger partial charge in [-0.3, -0.25) is 4.79 Å². The van der Waals surface area contributed by atoms with E-state index < -0.39 is 11.9 Å². The van der Waals surface area contributed by atoms with Crippen LogP contribution in [-0.2, 0) is 12.8 Å². The molecule has 2 aromatic rings. The van der Waals surface area contributed by atoms with Gasteiger partial charge in [-0.05, 0) is 43.7 Å². The second-order valence-corrected chi connectivity index (χ2v) is 6.23. The van der Waals surface area contributed by atoms with Gasteiger partial charge in [-0.2, -0.15) is 0 Å². The number of anilines is 1. The molecule has 5 nitrogen and oxygen atoms in total. The van der Waals surface area contributed by atoms with E-state index >= 15 is 0 Å². The first-order valence-electron chi connectivity index (χ1n) is 6.80. The second kappa shape index (κ2) is 5.37. The molecule has 6 heteroatoms. The van der Waals surface area contributed by atoms with Crippen LogP contribution < -0.4 is 5.32 Å². The van der Waals surface area contributed by atoms with Crippen molar-refractivity contribution in [2.75, 3.05) is 5.32 Å². The fourth-order valence-corrected chi connectivity index (χ4v) is 3.87. The molecule has 3 rings (SSSR count). The van der Waals surface area contributed by atoms with E-state index in [-0.39, 0.29) is 11.3 Å². The van der Waals surface area contributed by atoms with Crippen molar-refractivity contribution in [2.45, 2.75) is 32.6 Å². The van der Waals surface area contributed by atoms with Crippen LogP contribution in [0.5, 0.6) is 0 Å². The van der Waals surface area contributed by atoms with Gasteiger partial charge in [0.15, 0.2) is 5.76 Å². The quantitative estimate of drug-likeness (QED) is 0.910. The summed E-state index contributed by atoms with van der Waals surface area (Å²) >= 11 is 1.61. The molecular formula is C15H15NO4S. The monoisotopic (exact) mass is 305 g/mol. The third-order valence-corrected chi connectivity index (χ3v) is 5.04.